The van der Waals surface area contributed by atoms with Crippen LogP contribution < -0.4 is 11.1 Å². The quantitative estimate of drug-likeness (QED) is 0.428. The largest absolute Gasteiger partial charge is 0.396 e. The Hall–Kier alpha value is -1.14. The van der Waals surface area contributed by atoms with Crippen LogP contribution in [0.2, 0.25) is 0 Å². The van der Waals surface area contributed by atoms with Crippen LogP contribution in [0.1, 0.15) is 20.3 Å². The summed E-state index contributed by atoms with van der Waals surface area (Å²) in [5.41, 5.74) is 3.97. The highest BCUT2D eigenvalue weighted by molar-refractivity contribution is 5.82. The van der Waals surface area contributed by atoms with Crippen molar-refractivity contribution in [2.24, 2.45) is 11.1 Å². The Bertz CT molecular complexity index is 240. The summed E-state index contributed by atoms with van der Waals surface area (Å²) in [6, 6.07) is 0. The van der Waals surface area contributed by atoms with Crippen molar-refractivity contribution in [1.82, 2.24) is 5.32 Å². The first kappa shape index (κ1) is 13.9. The number of hydrogen-bond donors (Lipinski definition) is 4. The minimum absolute atomic E-state index is 0.0258. The second-order valence-corrected chi connectivity index (χ2v) is 4.06. The molecule has 0 aliphatic heterocycles. The van der Waals surface area contributed by atoms with Gasteiger partial charge in [0.25, 0.3) is 0 Å². The van der Waals surface area contributed by atoms with Crippen LogP contribution in [0.15, 0.2) is 0 Å². The maximum atomic E-state index is 11.3. The molecule has 0 saturated carbocycles. The van der Waals surface area contributed by atoms with Crippen LogP contribution in [0.3, 0.4) is 0 Å². The molecule has 1 atom stereocenters. The SMILES string of the molecule is CC(C)(CO)[C@H](O)C(=O)NCCC(N)=O. The Labute approximate surface area is 88.5 Å². The Morgan fingerprint density at radius 3 is 2.40 bits per heavy atom. The van der Waals surface area contributed by atoms with Crippen LogP contribution in [-0.2, 0) is 9.59 Å². The predicted octanol–water partition coefficient (Wildman–Crippen LogP) is -1.64. The fourth-order valence-corrected chi connectivity index (χ4v) is 0.847. The first-order chi connectivity index (χ1) is 6.81. The smallest absolute Gasteiger partial charge is 0.249 e. The lowest BCUT2D eigenvalue weighted by molar-refractivity contribution is -0.137. The Kier molecular flexibility index (Phi) is 5.24. The molecule has 0 spiro atoms. The average Bonchev–Trinajstić information content (AvgIpc) is 2.15. The second kappa shape index (κ2) is 5.67. The van der Waals surface area contributed by atoms with Crippen LogP contribution >= 0.6 is 0 Å². The molecule has 15 heavy (non-hydrogen) atoms. The van der Waals surface area contributed by atoms with Crippen molar-refractivity contribution in [3.8, 4) is 0 Å². The Morgan fingerprint density at radius 1 is 1.47 bits per heavy atom. The van der Waals surface area contributed by atoms with Crippen LogP contribution in [0, 0.1) is 5.41 Å². The molecule has 88 valence electrons. The molecule has 0 fully saturated rings. The molecule has 0 aromatic rings. The van der Waals surface area contributed by atoms with Crippen LogP contribution in [-0.4, -0.2) is 41.3 Å². The van der Waals surface area contributed by atoms with E-state index in [2.05, 4.69) is 5.32 Å². The van der Waals surface area contributed by atoms with Crippen molar-refractivity contribution in [3.63, 3.8) is 0 Å². The third-order valence-corrected chi connectivity index (χ3v) is 2.07. The van der Waals surface area contributed by atoms with Gasteiger partial charge in [-0.25, -0.2) is 0 Å². The minimum Gasteiger partial charge on any atom is -0.396 e. The van der Waals surface area contributed by atoms with Gasteiger partial charge in [0.05, 0.1) is 6.61 Å². The fourth-order valence-electron chi connectivity index (χ4n) is 0.847. The first-order valence-corrected chi connectivity index (χ1v) is 4.66. The highest BCUT2D eigenvalue weighted by Gasteiger charge is 2.32. The normalized spacial score (nSPS) is 13.3. The summed E-state index contributed by atoms with van der Waals surface area (Å²) < 4.78 is 0. The summed E-state index contributed by atoms with van der Waals surface area (Å²) in [5.74, 6) is -1.14. The van der Waals surface area contributed by atoms with Gasteiger partial charge in [0.1, 0.15) is 6.10 Å². The molecule has 5 N–H and O–H groups in total. The topological polar surface area (TPSA) is 113 Å². The average molecular weight is 218 g/mol. The number of rotatable bonds is 6. The molecule has 0 saturated heterocycles. The van der Waals surface area contributed by atoms with E-state index in [0.29, 0.717) is 0 Å². The summed E-state index contributed by atoms with van der Waals surface area (Å²) in [6.07, 6.45) is -1.28. The minimum atomic E-state index is -1.31. The number of nitrogens with two attached hydrogens (primary N) is 1. The van der Waals surface area contributed by atoms with Gasteiger partial charge in [-0.05, 0) is 0 Å². The van der Waals surface area contributed by atoms with Crippen LogP contribution in [0.4, 0.5) is 0 Å². The van der Waals surface area contributed by atoms with Crippen molar-refractivity contribution in [2.45, 2.75) is 26.4 Å². The fraction of sp³-hybridized carbons (Fsp3) is 0.778. The number of nitrogens with one attached hydrogen (secondary N) is 1. The Balaban J connectivity index is 4.05. The van der Waals surface area contributed by atoms with Gasteiger partial charge in [-0.2, -0.15) is 0 Å². The molecule has 0 radical (unpaired) electrons. The molecular weight excluding hydrogens is 200 g/mol. The molecule has 0 bridgehead atoms. The monoisotopic (exact) mass is 218 g/mol. The zero-order valence-electron chi connectivity index (χ0n) is 8.99. The summed E-state index contributed by atoms with van der Waals surface area (Å²) in [7, 11) is 0. The summed E-state index contributed by atoms with van der Waals surface area (Å²) in [4.78, 5) is 21.7. The van der Waals surface area contributed by atoms with E-state index in [1.54, 1.807) is 13.8 Å². The van der Waals surface area contributed by atoms with Crippen molar-refractivity contribution < 1.29 is 19.8 Å². The van der Waals surface area contributed by atoms with Crippen LogP contribution in [0.5, 0.6) is 0 Å². The molecule has 0 aromatic carbocycles. The van der Waals surface area contributed by atoms with Gasteiger partial charge in [0, 0.05) is 18.4 Å². The number of primary amides is 1. The lowest BCUT2D eigenvalue weighted by Crippen LogP contribution is -2.46. The number of carbonyl (C=O) groups is 2. The number of aliphatic hydroxyl groups excluding tert-OH is 2. The summed E-state index contributed by atoms with van der Waals surface area (Å²) in [6.45, 7) is 2.90. The number of aliphatic hydroxyl groups is 2. The molecule has 6 heteroatoms. The zero-order chi connectivity index (χ0) is 12.1. The van der Waals surface area contributed by atoms with E-state index in [1.807, 2.05) is 0 Å². The van der Waals surface area contributed by atoms with E-state index in [-0.39, 0.29) is 19.6 Å². The van der Waals surface area contributed by atoms with Crippen molar-refractivity contribution in [1.29, 1.82) is 0 Å². The van der Waals surface area contributed by atoms with Crippen molar-refractivity contribution >= 4 is 11.8 Å². The lowest BCUT2D eigenvalue weighted by atomic mass is 9.87. The maximum Gasteiger partial charge on any atom is 0.249 e. The lowest BCUT2D eigenvalue weighted by Gasteiger charge is -2.26. The van der Waals surface area contributed by atoms with Gasteiger partial charge >= 0.3 is 0 Å². The van der Waals surface area contributed by atoms with Crippen molar-refractivity contribution in [3.05, 3.63) is 0 Å². The second-order valence-electron chi connectivity index (χ2n) is 4.06. The maximum absolute atomic E-state index is 11.3. The predicted molar refractivity (Wildman–Crippen MR) is 53.7 cm³/mol. The highest BCUT2D eigenvalue weighted by Crippen LogP contribution is 2.19. The van der Waals surface area contributed by atoms with E-state index in [1.165, 1.54) is 0 Å². The number of amides is 2. The van der Waals surface area contributed by atoms with Gasteiger partial charge in [0.2, 0.25) is 11.8 Å². The molecule has 0 rings (SSSR count). The van der Waals surface area contributed by atoms with Gasteiger partial charge in [-0.1, -0.05) is 13.8 Å². The third-order valence-electron chi connectivity index (χ3n) is 2.07. The number of carbonyl (C=O) groups excluding carboxylic acids is 2. The van der Waals surface area contributed by atoms with Gasteiger partial charge in [-0.15, -0.1) is 0 Å². The zero-order valence-corrected chi connectivity index (χ0v) is 8.99. The van der Waals surface area contributed by atoms with Gasteiger partial charge < -0.3 is 21.3 Å². The first-order valence-electron chi connectivity index (χ1n) is 4.66. The third kappa shape index (κ3) is 4.75. The highest BCUT2D eigenvalue weighted by atomic mass is 16.3. The molecule has 0 aromatic heterocycles. The van der Waals surface area contributed by atoms with Gasteiger partial charge in [-0.3, -0.25) is 9.59 Å². The molecular formula is C9H18N2O4. The van der Waals surface area contributed by atoms with Crippen molar-refractivity contribution in [2.75, 3.05) is 13.2 Å². The molecule has 0 aliphatic rings. The van der Waals surface area contributed by atoms with E-state index in [9.17, 15) is 14.7 Å². The molecule has 0 heterocycles. The molecule has 0 unspecified atom stereocenters. The van der Waals surface area contributed by atoms with E-state index < -0.39 is 23.3 Å². The van der Waals surface area contributed by atoms with Crippen LogP contribution in [0.25, 0.3) is 0 Å². The molecule has 6 nitrogen and oxygen atoms in total. The van der Waals surface area contributed by atoms with E-state index in [4.69, 9.17) is 10.8 Å². The van der Waals surface area contributed by atoms with E-state index in [0.717, 1.165) is 0 Å². The standard InChI is InChI=1S/C9H18N2O4/c1-9(2,5-12)7(14)8(15)11-4-3-6(10)13/h7,12,14H,3-5H2,1-2H3,(H2,10,13)(H,11,15)/t7-/m1/s1. The van der Waals surface area contributed by atoms with E-state index >= 15 is 0 Å². The summed E-state index contributed by atoms with van der Waals surface area (Å²) >= 11 is 0. The summed E-state index contributed by atoms with van der Waals surface area (Å²) in [5, 5.41) is 20.8. The van der Waals surface area contributed by atoms with Gasteiger partial charge in [0.15, 0.2) is 0 Å². The number of hydrogen-bond acceptors (Lipinski definition) is 4. The molecule has 0 aliphatic carbocycles. The Morgan fingerprint density at radius 2 is 2.00 bits per heavy atom. The molecule has 2 amide bonds.